The molecule has 1 atom stereocenters. The number of amides is 2. The van der Waals surface area contributed by atoms with Crippen LogP contribution in [0.4, 0.5) is 9.93 Å². The topological polar surface area (TPSA) is 70.1 Å². The molecule has 7 heteroatoms. The van der Waals surface area contributed by atoms with Gasteiger partial charge in [0.25, 0.3) is 0 Å². The zero-order valence-electron chi connectivity index (χ0n) is 11.5. The summed E-state index contributed by atoms with van der Waals surface area (Å²) in [5.41, 5.74) is 0. The monoisotopic (exact) mass is 271 g/mol. The lowest BCUT2D eigenvalue weighted by Gasteiger charge is -2.27. The number of anilines is 1. The van der Waals surface area contributed by atoms with E-state index in [0.29, 0.717) is 23.6 Å². The molecule has 0 aliphatic carbocycles. The number of likely N-dealkylation sites (N-methyl/N-ethyl adjacent to an activating group) is 1. The highest BCUT2D eigenvalue weighted by atomic mass is 32.1. The Labute approximate surface area is 112 Å². The van der Waals surface area contributed by atoms with Crippen LogP contribution in [0.15, 0.2) is 0 Å². The molecule has 0 aromatic carbocycles. The van der Waals surface area contributed by atoms with E-state index >= 15 is 0 Å². The van der Waals surface area contributed by atoms with Crippen molar-refractivity contribution in [2.24, 2.45) is 5.92 Å². The van der Waals surface area contributed by atoms with Crippen molar-refractivity contribution in [3.05, 3.63) is 5.01 Å². The number of hydrogen-bond acceptors (Lipinski definition) is 5. The van der Waals surface area contributed by atoms with Gasteiger partial charge in [-0.05, 0) is 26.9 Å². The Hall–Kier alpha value is -1.21. The standard InChI is InChI=1S/C11H21N5OS/c1-7(2)9(16(4)5)6-12-10(17)13-11-15-14-8(3)18-11/h7,9H,6H2,1-5H3,(H2,12,13,15,17)/t9-/m0/s1. The van der Waals surface area contributed by atoms with Crippen molar-refractivity contribution >= 4 is 22.5 Å². The van der Waals surface area contributed by atoms with E-state index in [-0.39, 0.29) is 6.03 Å². The van der Waals surface area contributed by atoms with Gasteiger partial charge in [0.2, 0.25) is 5.13 Å². The summed E-state index contributed by atoms with van der Waals surface area (Å²) < 4.78 is 0. The van der Waals surface area contributed by atoms with Crippen molar-refractivity contribution in [3.63, 3.8) is 0 Å². The lowest BCUT2D eigenvalue weighted by atomic mass is 10.0. The van der Waals surface area contributed by atoms with E-state index < -0.39 is 0 Å². The van der Waals surface area contributed by atoms with Crippen LogP contribution in [0.25, 0.3) is 0 Å². The Morgan fingerprint density at radius 3 is 2.50 bits per heavy atom. The van der Waals surface area contributed by atoms with E-state index in [1.54, 1.807) is 0 Å². The fraction of sp³-hybridized carbons (Fsp3) is 0.727. The van der Waals surface area contributed by atoms with Crippen LogP contribution < -0.4 is 10.6 Å². The van der Waals surface area contributed by atoms with E-state index in [2.05, 4.69) is 39.6 Å². The second-order valence-electron chi connectivity index (χ2n) is 4.74. The molecule has 0 bridgehead atoms. The van der Waals surface area contributed by atoms with Crippen molar-refractivity contribution in [2.45, 2.75) is 26.8 Å². The van der Waals surface area contributed by atoms with Crippen molar-refractivity contribution in [2.75, 3.05) is 26.0 Å². The molecule has 18 heavy (non-hydrogen) atoms. The van der Waals surface area contributed by atoms with Gasteiger partial charge in [-0.2, -0.15) is 0 Å². The third-order valence-corrected chi connectivity index (χ3v) is 3.41. The van der Waals surface area contributed by atoms with Crippen LogP contribution in [0, 0.1) is 12.8 Å². The van der Waals surface area contributed by atoms with Crippen molar-refractivity contribution in [1.29, 1.82) is 0 Å². The molecule has 0 fully saturated rings. The maximum absolute atomic E-state index is 11.7. The third kappa shape index (κ3) is 4.58. The highest BCUT2D eigenvalue weighted by Crippen LogP contribution is 2.13. The molecule has 2 N–H and O–H groups in total. The number of rotatable bonds is 5. The summed E-state index contributed by atoms with van der Waals surface area (Å²) in [5, 5.41) is 14.6. The van der Waals surface area contributed by atoms with Gasteiger partial charge in [-0.15, -0.1) is 10.2 Å². The van der Waals surface area contributed by atoms with Gasteiger partial charge in [0.15, 0.2) is 0 Å². The van der Waals surface area contributed by atoms with Crippen LogP contribution >= 0.6 is 11.3 Å². The lowest BCUT2D eigenvalue weighted by Crippen LogP contribution is -2.44. The average molecular weight is 271 g/mol. The Morgan fingerprint density at radius 2 is 2.06 bits per heavy atom. The number of nitrogens with zero attached hydrogens (tertiary/aromatic N) is 3. The first-order valence-electron chi connectivity index (χ1n) is 5.91. The molecule has 0 aliphatic rings. The molecule has 1 aromatic rings. The number of aromatic nitrogens is 2. The molecule has 0 unspecified atom stereocenters. The Kier molecular flexibility index (Phi) is 5.49. The lowest BCUT2D eigenvalue weighted by molar-refractivity contribution is 0.218. The van der Waals surface area contributed by atoms with Crippen LogP contribution in [-0.2, 0) is 0 Å². The maximum Gasteiger partial charge on any atom is 0.321 e. The van der Waals surface area contributed by atoms with Gasteiger partial charge in [0.05, 0.1) is 0 Å². The summed E-state index contributed by atoms with van der Waals surface area (Å²) in [4.78, 5) is 13.8. The minimum Gasteiger partial charge on any atom is -0.336 e. The van der Waals surface area contributed by atoms with Crippen molar-refractivity contribution in [1.82, 2.24) is 20.4 Å². The summed E-state index contributed by atoms with van der Waals surface area (Å²) in [7, 11) is 4.02. The molecule has 1 rings (SSSR count). The number of hydrogen-bond donors (Lipinski definition) is 2. The van der Waals surface area contributed by atoms with Crippen LogP contribution in [0.3, 0.4) is 0 Å². The predicted octanol–water partition coefficient (Wildman–Crippen LogP) is 1.55. The Balaban J connectivity index is 2.41. The molecule has 0 saturated carbocycles. The minimum atomic E-state index is -0.237. The maximum atomic E-state index is 11.7. The van der Waals surface area contributed by atoms with Gasteiger partial charge in [-0.1, -0.05) is 25.2 Å². The van der Waals surface area contributed by atoms with Gasteiger partial charge in [0, 0.05) is 12.6 Å². The number of carbonyl (C=O) groups excluding carboxylic acids is 1. The fourth-order valence-electron chi connectivity index (χ4n) is 1.70. The first-order chi connectivity index (χ1) is 8.40. The van der Waals surface area contributed by atoms with Gasteiger partial charge in [0.1, 0.15) is 5.01 Å². The van der Waals surface area contributed by atoms with E-state index in [9.17, 15) is 4.79 Å². The second-order valence-corrected chi connectivity index (χ2v) is 5.92. The van der Waals surface area contributed by atoms with Crippen LogP contribution in [-0.4, -0.2) is 47.8 Å². The van der Waals surface area contributed by atoms with Crippen LogP contribution in [0.5, 0.6) is 0 Å². The molecular weight excluding hydrogens is 250 g/mol. The van der Waals surface area contributed by atoms with Gasteiger partial charge in [-0.3, -0.25) is 5.32 Å². The van der Waals surface area contributed by atoms with Crippen LogP contribution in [0.2, 0.25) is 0 Å². The predicted molar refractivity (Wildman–Crippen MR) is 74.0 cm³/mol. The molecule has 6 nitrogen and oxygen atoms in total. The summed E-state index contributed by atoms with van der Waals surface area (Å²) >= 11 is 1.36. The first-order valence-corrected chi connectivity index (χ1v) is 6.73. The number of urea groups is 1. The number of nitrogens with one attached hydrogen (secondary N) is 2. The van der Waals surface area contributed by atoms with Gasteiger partial charge < -0.3 is 10.2 Å². The molecule has 0 spiro atoms. The second kappa shape index (κ2) is 6.65. The zero-order valence-corrected chi connectivity index (χ0v) is 12.3. The Morgan fingerprint density at radius 1 is 1.39 bits per heavy atom. The molecule has 0 aliphatic heterocycles. The van der Waals surface area contributed by atoms with Crippen LogP contribution in [0.1, 0.15) is 18.9 Å². The highest BCUT2D eigenvalue weighted by molar-refractivity contribution is 7.15. The molecule has 0 radical (unpaired) electrons. The minimum absolute atomic E-state index is 0.237. The molecule has 1 aromatic heterocycles. The molecule has 1 heterocycles. The van der Waals surface area contributed by atoms with Gasteiger partial charge >= 0.3 is 6.03 Å². The van der Waals surface area contributed by atoms with E-state index in [0.717, 1.165) is 5.01 Å². The molecule has 0 saturated heterocycles. The van der Waals surface area contributed by atoms with E-state index in [1.165, 1.54) is 11.3 Å². The molecule has 2 amide bonds. The summed E-state index contributed by atoms with van der Waals surface area (Å²) in [6.07, 6.45) is 0. The first kappa shape index (κ1) is 14.8. The van der Waals surface area contributed by atoms with Gasteiger partial charge in [-0.25, -0.2) is 4.79 Å². The van der Waals surface area contributed by atoms with Crippen molar-refractivity contribution < 1.29 is 4.79 Å². The molecular formula is C11H21N5OS. The average Bonchev–Trinajstić information content (AvgIpc) is 2.62. The fourth-order valence-corrected chi connectivity index (χ4v) is 2.29. The molecule has 102 valence electrons. The highest BCUT2D eigenvalue weighted by Gasteiger charge is 2.16. The number of carbonyl (C=O) groups is 1. The normalized spacial score (nSPS) is 12.8. The van der Waals surface area contributed by atoms with E-state index in [4.69, 9.17) is 0 Å². The largest absolute Gasteiger partial charge is 0.336 e. The zero-order chi connectivity index (χ0) is 13.7. The van der Waals surface area contributed by atoms with Crippen molar-refractivity contribution in [3.8, 4) is 0 Å². The third-order valence-electron chi connectivity index (χ3n) is 2.65. The Bertz CT molecular complexity index is 383. The summed E-state index contributed by atoms with van der Waals surface area (Å²) in [5.74, 6) is 0.476. The smallest absolute Gasteiger partial charge is 0.321 e. The summed E-state index contributed by atoms with van der Waals surface area (Å²) in [6, 6.07) is 0.0746. The quantitative estimate of drug-likeness (QED) is 0.852. The summed E-state index contributed by atoms with van der Waals surface area (Å²) in [6.45, 7) is 6.73. The number of aryl methyl sites for hydroxylation is 1. The van der Waals surface area contributed by atoms with E-state index in [1.807, 2.05) is 21.0 Å². The SMILES string of the molecule is Cc1nnc(NC(=O)NC[C@@H](C(C)C)N(C)C)s1.